The zero-order chi connectivity index (χ0) is 16.4. The van der Waals surface area contributed by atoms with E-state index in [0.29, 0.717) is 27.2 Å². The third kappa shape index (κ3) is 3.50. The average molecular weight is 380 g/mol. The Morgan fingerprint density at radius 3 is 2.91 bits per heavy atom. The second-order valence-electron chi connectivity index (χ2n) is 4.83. The monoisotopic (exact) mass is 379 g/mol. The average Bonchev–Trinajstić information content (AvgIpc) is 2.53. The van der Waals surface area contributed by atoms with E-state index in [1.807, 2.05) is 0 Å². The van der Waals surface area contributed by atoms with Crippen LogP contribution in [-0.2, 0) is 4.79 Å². The number of hydrogen-bond donors (Lipinski definition) is 1. The van der Waals surface area contributed by atoms with Crippen molar-refractivity contribution in [1.29, 1.82) is 0 Å². The number of fused-ring (bicyclic) bond motifs is 1. The number of Topliss-reactive ketones (excluding diaryl/α,β-unsaturated/α-hetero) is 1. The molecule has 0 aromatic heterocycles. The molecule has 1 aliphatic rings. The van der Waals surface area contributed by atoms with E-state index in [1.54, 1.807) is 12.1 Å². The Bertz CT molecular complexity index is 794. The van der Waals surface area contributed by atoms with E-state index < -0.39 is 5.82 Å². The molecule has 2 aromatic rings. The molecule has 1 N–H and O–H groups in total. The molecule has 1 heterocycles. The fourth-order valence-corrected chi connectivity index (χ4v) is 2.54. The Morgan fingerprint density at radius 2 is 2.13 bits per heavy atom. The Hall–Kier alpha value is -2.41. The Labute approximate surface area is 139 Å². The molecule has 7 heteroatoms. The van der Waals surface area contributed by atoms with Gasteiger partial charge in [-0.1, -0.05) is 0 Å². The zero-order valence-corrected chi connectivity index (χ0v) is 13.4. The molecule has 118 valence electrons. The maximum Gasteiger partial charge on any atom is 0.262 e. The Kier molecular flexibility index (Phi) is 4.29. The molecule has 0 bridgehead atoms. The second kappa shape index (κ2) is 6.37. The van der Waals surface area contributed by atoms with Gasteiger partial charge in [-0.25, -0.2) is 4.39 Å². The van der Waals surface area contributed by atoms with Gasteiger partial charge >= 0.3 is 0 Å². The number of carbonyl (C=O) groups is 2. The first-order chi connectivity index (χ1) is 11.0. The van der Waals surface area contributed by atoms with Gasteiger partial charge in [-0.05, 0) is 52.3 Å². The van der Waals surface area contributed by atoms with Crippen LogP contribution in [0.5, 0.6) is 11.5 Å². The maximum atomic E-state index is 13.0. The van der Waals surface area contributed by atoms with Gasteiger partial charge < -0.3 is 14.8 Å². The summed E-state index contributed by atoms with van der Waals surface area (Å²) in [4.78, 5) is 23.5. The van der Waals surface area contributed by atoms with Crippen LogP contribution in [0.25, 0.3) is 0 Å². The molecular formula is C16H11BrFNO4. The minimum Gasteiger partial charge on any atom is -0.484 e. The number of ether oxygens (including phenoxy) is 2. The molecule has 0 spiro atoms. The summed E-state index contributed by atoms with van der Waals surface area (Å²) < 4.78 is 24.1. The molecule has 1 aliphatic heterocycles. The van der Waals surface area contributed by atoms with Gasteiger partial charge in [0.05, 0.1) is 10.2 Å². The van der Waals surface area contributed by atoms with Gasteiger partial charge in [0.2, 0.25) is 0 Å². The fourth-order valence-electron chi connectivity index (χ4n) is 2.08. The van der Waals surface area contributed by atoms with Crippen LogP contribution >= 0.6 is 15.9 Å². The van der Waals surface area contributed by atoms with Crippen LogP contribution in [0, 0.1) is 5.82 Å². The molecule has 0 unspecified atom stereocenters. The first-order valence-electron chi connectivity index (χ1n) is 6.70. The van der Waals surface area contributed by atoms with Crippen molar-refractivity contribution in [3.8, 4) is 11.5 Å². The van der Waals surface area contributed by atoms with Crippen molar-refractivity contribution >= 4 is 33.3 Å². The van der Waals surface area contributed by atoms with Gasteiger partial charge in [0.1, 0.15) is 17.3 Å². The van der Waals surface area contributed by atoms with Crippen molar-refractivity contribution < 1.29 is 23.5 Å². The summed E-state index contributed by atoms with van der Waals surface area (Å²) in [5.74, 6) is -0.0592. The first kappa shape index (κ1) is 15.5. The van der Waals surface area contributed by atoms with Crippen LogP contribution in [-0.4, -0.2) is 24.9 Å². The molecular weight excluding hydrogens is 369 g/mol. The Balaban J connectivity index is 1.71. The lowest BCUT2D eigenvalue weighted by atomic mass is 10.1. The molecule has 0 radical (unpaired) electrons. The van der Waals surface area contributed by atoms with Crippen molar-refractivity contribution in [2.45, 2.75) is 0 Å². The number of anilines is 1. The van der Waals surface area contributed by atoms with Gasteiger partial charge in [0.15, 0.2) is 19.0 Å². The van der Waals surface area contributed by atoms with Crippen LogP contribution in [0.3, 0.4) is 0 Å². The summed E-state index contributed by atoms with van der Waals surface area (Å²) in [6.07, 6.45) is 0. The van der Waals surface area contributed by atoms with E-state index in [1.165, 1.54) is 24.3 Å². The fraction of sp³-hybridized carbons (Fsp3) is 0.125. The van der Waals surface area contributed by atoms with Crippen molar-refractivity contribution in [1.82, 2.24) is 0 Å². The number of rotatable bonds is 4. The third-order valence-electron chi connectivity index (χ3n) is 3.19. The normalized spacial score (nSPS) is 12.9. The molecule has 23 heavy (non-hydrogen) atoms. The van der Waals surface area contributed by atoms with Gasteiger partial charge in [0, 0.05) is 5.56 Å². The second-order valence-corrected chi connectivity index (χ2v) is 5.69. The SMILES string of the molecule is O=C1COc2ccc(C(=O)COc3ccc(F)cc3Br)cc2N1. The molecule has 3 rings (SSSR count). The summed E-state index contributed by atoms with van der Waals surface area (Å²) in [5.41, 5.74) is 0.836. The smallest absolute Gasteiger partial charge is 0.262 e. The highest BCUT2D eigenvalue weighted by Gasteiger charge is 2.18. The number of ketones is 1. The lowest BCUT2D eigenvalue weighted by molar-refractivity contribution is -0.118. The predicted molar refractivity (Wildman–Crippen MR) is 84.5 cm³/mol. The molecule has 0 fully saturated rings. The van der Waals surface area contributed by atoms with Crippen molar-refractivity contribution in [2.75, 3.05) is 18.5 Å². The van der Waals surface area contributed by atoms with E-state index in [2.05, 4.69) is 21.2 Å². The van der Waals surface area contributed by atoms with Gasteiger partial charge in [0.25, 0.3) is 5.91 Å². The molecule has 0 atom stereocenters. The number of hydrogen-bond acceptors (Lipinski definition) is 4. The quantitative estimate of drug-likeness (QED) is 0.828. The van der Waals surface area contributed by atoms with Crippen LogP contribution < -0.4 is 14.8 Å². The highest BCUT2D eigenvalue weighted by Crippen LogP contribution is 2.29. The van der Waals surface area contributed by atoms with E-state index in [-0.39, 0.29) is 24.9 Å². The van der Waals surface area contributed by atoms with Crippen LogP contribution in [0.1, 0.15) is 10.4 Å². The highest BCUT2D eigenvalue weighted by atomic mass is 79.9. The summed E-state index contributed by atoms with van der Waals surface area (Å²) in [5, 5.41) is 2.64. The number of benzene rings is 2. The van der Waals surface area contributed by atoms with Gasteiger partial charge in [-0.15, -0.1) is 0 Å². The van der Waals surface area contributed by atoms with Crippen LogP contribution in [0.15, 0.2) is 40.9 Å². The predicted octanol–water partition coefficient (Wildman–Crippen LogP) is 3.18. The van der Waals surface area contributed by atoms with Crippen molar-refractivity contribution in [3.05, 3.63) is 52.3 Å². The minimum atomic E-state index is -0.402. The largest absolute Gasteiger partial charge is 0.484 e. The van der Waals surface area contributed by atoms with E-state index in [9.17, 15) is 14.0 Å². The molecule has 0 saturated carbocycles. The summed E-state index contributed by atoms with van der Waals surface area (Å²) in [7, 11) is 0. The van der Waals surface area contributed by atoms with Crippen LogP contribution in [0.4, 0.5) is 10.1 Å². The lowest BCUT2D eigenvalue weighted by Crippen LogP contribution is -2.25. The van der Waals surface area contributed by atoms with Gasteiger partial charge in [-0.2, -0.15) is 0 Å². The number of nitrogens with one attached hydrogen (secondary N) is 1. The first-order valence-corrected chi connectivity index (χ1v) is 7.50. The zero-order valence-electron chi connectivity index (χ0n) is 11.8. The Morgan fingerprint density at radius 1 is 1.30 bits per heavy atom. The molecule has 2 aromatic carbocycles. The summed E-state index contributed by atoms with van der Waals surface area (Å²) in [6.45, 7) is -0.250. The summed E-state index contributed by atoms with van der Waals surface area (Å²) >= 11 is 3.17. The molecule has 5 nitrogen and oxygen atoms in total. The van der Waals surface area contributed by atoms with Crippen LogP contribution in [0.2, 0.25) is 0 Å². The van der Waals surface area contributed by atoms with Crippen molar-refractivity contribution in [2.24, 2.45) is 0 Å². The van der Waals surface area contributed by atoms with Gasteiger partial charge in [-0.3, -0.25) is 9.59 Å². The van der Waals surface area contributed by atoms with Crippen molar-refractivity contribution in [3.63, 3.8) is 0 Å². The third-order valence-corrected chi connectivity index (χ3v) is 3.81. The van der Waals surface area contributed by atoms with E-state index >= 15 is 0 Å². The lowest BCUT2D eigenvalue weighted by Gasteiger charge is -2.18. The molecule has 0 saturated heterocycles. The number of halogens is 2. The highest BCUT2D eigenvalue weighted by molar-refractivity contribution is 9.10. The standard InChI is InChI=1S/C16H11BrFNO4/c17-11-6-10(18)2-4-14(11)22-7-13(20)9-1-3-15-12(5-9)19-16(21)8-23-15/h1-6H,7-8H2,(H,19,21). The minimum absolute atomic E-state index is 0.0397. The number of carbonyl (C=O) groups excluding carboxylic acids is 2. The topological polar surface area (TPSA) is 64.6 Å². The molecule has 1 amide bonds. The number of amides is 1. The maximum absolute atomic E-state index is 13.0. The summed E-state index contributed by atoms with van der Waals surface area (Å²) in [6, 6.07) is 8.70. The molecule has 0 aliphatic carbocycles. The van der Waals surface area contributed by atoms with E-state index in [0.717, 1.165) is 0 Å². The van der Waals surface area contributed by atoms with E-state index in [4.69, 9.17) is 9.47 Å².